The molecule has 1 aliphatic carbocycles. The summed E-state index contributed by atoms with van der Waals surface area (Å²) in [5.74, 6) is -1.15. The first-order valence-corrected chi connectivity index (χ1v) is 16.6. The number of amides is 2. The molecule has 1 aromatic heterocycles. The summed E-state index contributed by atoms with van der Waals surface area (Å²) in [5.41, 5.74) is 3.35. The first-order chi connectivity index (χ1) is 24.9. The molecule has 1 aliphatic rings. The zero-order chi connectivity index (χ0) is 36.7. The average molecular weight is 712 g/mol. The van der Waals surface area contributed by atoms with E-state index in [2.05, 4.69) is 10.6 Å². The van der Waals surface area contributed by atoms with Gasteiger partial charge < -0.3 is 15.2 Å². The van der Waals surface area contributed by atoms with Crippen LogP contribution in [0.3, 0.4) is 0 Å². The van der Waals surface area contributed by atoms with Gasteiger partial charge in [-0.25, -0.2) is 0 Å². The Hall–Kier alpha value is -5.84. The van der Waals surface area contributed by atoms with Gasteiger partial charge in [0.15, 0.2) is 0 Å². The van der Waals surface area contributed by atoms with E-state index in [4.69, 9.17) is 0 Å². The van der Waals surface area contributed by atoms with Crippen molar-refractivity contribution in [3.05, 3.63) is 150 Å². The van der Waals surface area contributed by atoms with Crippen molar-refractivity contribution in [2.45, 2.75) is 37.2 Å². The number of rotatable bonds is 9. The highest BCUT2D eigenvalue weighted by molar-refractivity contribution is 6.12. The lowest BCUT2D eigenvalue weighted by molar-refractivity contribution is -0.141. The molecule has 0 fully saturated rings. The molecular weight excluding hydrogens is 680 g/mol. The van der Waals surface area contributed by atoms with Gasteiger partial charge in [-0.3, -0.25) is 9.59 Å². The second-order valence-electron chi connectivity index (χ2n) is 12.7. The van der Waals surface area contributed by atoms with E-state index in [0.717, 1.165) is 34.2 Å². The maximum atomic E-state index is 13.9. The Kier molecular flexibility index (Phi) is 8.90. The molecule has 0 bridgehead atoms. The molecular formula is C41H31F6N3O2. The second-order valence-corrected chi connectivity index (χ2v) is 12.7. The van der Waals surface area contributed by atoms with Crippen LogP contribution < -0.4 is 10.6 Å². The number of halogens is 6. The third-order valence-corrected chi connectivity index (χ3v) is 9.61. The molecule has 264 valence electrons. The van der Waals surface area contributed by atoms with E-state index in [-0.39, 0.29) is 12.0 Å². The molecule has 0 radical (unpaired) electrons. The standard InChI is InChI=1S/C41H31F6N3O2/c42-40(43,44)25-48-38(52)39(33-13-5-3-10-29(33)30-11-4-6-14-34(30)39)22-8-23-50-24-21-32-35(15-7-16-36(32)50)49-37(51)31-12-2-1-9-28(31)26-17-19-27(20-18-26)41(45,46)47/h1-7,9-21,24H,8,22-23,25H2,(H,48,52)(H,49,51). The van der Waals surface area contributed by atoms with Gasteiger partial charge in [-0.2, -0.15) is 26.3 Å². The Balaban J connectivity index is 1.13. The molecule has 6 aromatic rings. The fourth-order valence-corrected chi connectivity index (χ4v) is 7.29. The number of carbonyl (C=O) groups excluding carboxylic acids is 2. The Morgan fingerprint density at radius 1 is 0.673 bits per heavy atom. The quantitative estimate of drug-likeness (QED) is 0.147. The van der Waals surface area contributed by atoms with Crippen molar-refractivity contribution in [2.24, 2.45) is 0 Å². The second kappa shape index (κ2) is 13.4. The highest BCUT2D eigenvalue weighted by Crippen LogP contribution is 2.51. The van der Waals surface area contributed by atoms with E-state index in [1.165, 1.54) is 12.1 Å². The number of hydrogen-bond acceptors (Lipinski definition) is 2. The number of benzene rings is 5. The molecule has 0 aliphatic heterocycles. The lowest BCUT2D eigenvalue weighted by Gasteiger charge is -2.31. The van der Waals surface area contributed by atoms with Crippen molar-refractivity contribution in [1.82, 2.24) is 9.88 Å². The number of aromatic nitrogens is 1. The molecule has 5 nitrogen and oxygen atoms in total. The molecule has 7 rings (SSSR count). The fourth-order valence-electron chi connectivity index (χ4n) is 7.29. The van der Waals surface area contributed by atoms with Crippen molar-refractivity contribution in [2.75, 3.05) is 11.9 Å². The van der Waals surface area contributed by atoms with E-state index >= 15 is 0 Å². The lowest BCUT2D eigenvalue weighted by atomic mass is 9.73. The number of nitrogens with one attached hydrogen (secondary N) is 2. The summed E-state index contributed by atoms with van der Waals surface area (Å²) < 4.78 is 81.2. The summed E-state index contributed by atoms with van der Waals surface area (Å²) in [6, 6.07) is 33.2. The first-order valence-electron chi connectivity index (χ1n) is 16.6. The van der Waals surface area contributed by atoms with E-state index < -0.39 is 41.7 Å². The van der Waals surface area contributed by atoms with Crippen LogP contribution >= 0.6 is 0 Å². The van der Waals surface area contributed by atoms with Crippen LogP contribution in [0.4, 0.5) is 32.0 Å². The van der Waals surface area contributed by atoms with Crippen LogP contribution in [0, 0.1) is 0 Å². The normalized spacial score (nSPS) is 13.4. The van der Waals surface area contributed by atoms with Gasteiger partial charge in [0.2, 0.25) is 5.91 Å². The van der Waals surface area contributed by atoms with Crippen LogP contribution in [0.1, 0.15) is 39.9 Å². The Morgan fingerprint density at radius 3 is 1.92 bits per heavy atom. The van der Waals surface area contributed by atoms with Crippen molar-refractivity contribution < 1.29 is 35.9 Å². The van der Waals surface area contributed by atoms with Crippen LogP contribution in [-0.2, 0) is 22.9 Å². The summed E-state index contributed by atoms with van der Waals surface area (Å²) in [6.45, 7) is -1.01. The van der Waals surface area contributed by atoms with Gasteiger partial charge in [-0.15, -0.1) is 0 Å². The molecule has 11 heteroatoms. The lowest BCUT2D eigenvalue weighted by Crippen LogP contribution is -2.47. The maximum Gasteiger partial charge on any atom is 0.416 e. The molecule has 2 N–H and O–H groups in total. The highest BCUT2D eigenvalue weighted by Gasteiger charge is 2.49. The van der Waals surface area contributed by atoms with Crippen LogP contribution in [0.25, 0.3) is 33.2 Å². The van der Waals surface area contributed by atoms with E-state index in [0.29, 0.717) is 40.9 Å². The zero-order valence-corrected chi connectivity index (χ0v) is 27.5. The van der Waals surface area contributed by atoms with E-state index in [1.54, 1.807) is 60.7 Å². The minimum Gasteiger partial charge on any atom is -0.347 e. The number of nitrogens with zero attached hydrogens (tertiary/aromatic N) is 1. The minimum atomic E-state index is -4.57. The minimum absolute atomic E-state index is 0.238. The number of aryl methyl sites for hydroxylation is 1. The van der Waals surface area contributed by atoms with Crippen molar-refractivity contribution in [3.8, 4) is 22.3 Å². The topological polar surface area (TPSA) is 63.1 Å². The van der Waals surface area contributed by atoms with Gasteiger partial charge in [0.1, 0.15) is 12.0 Å². The van der Waals surface area contributed by atoms with Gasteiger partial charge >= 0.3 is 12.4 Å². The van der Waals surface area contributed by atoms with Crippen LogP contribution in [0.2, 0.25) is 0 Å². The average Bonchev–Trinajstić information content (AvgIpc) is 3.68. The van der Waals surface area contributed by atoms with Crippen molar-refractivity contribution in [1.29, 1.82) is 0 Å². The molecule has 2 amide bonds. The molecule has 1 heterocycles. The third kappa shape index (κ3) is 6.42. The smallest absolute Gasteiger partial charge is 0.347 e. The Bertz CT molecular complexity index is 2240. The van der Waals surface area contributed by atoms with Gasteiger partial charge in [0, 0.05) is 23.7 Å². The number of alkyl halides is 6. The SMILES string of the molecule is O=C(Nc1cccc2c1ccn2CCCC1(C(=O)NCC(F)(F)F)c2ccccc2-c2ccccc21)c1ccccc1-c1ccc(C(F)(F)F)cc1. The largest absolute Gasteiger partial charge is 0.416 e. The summed E-state index contributed by atoms with van der Waals surface area (Å²) in [6.07, 6.45) is -6.53. The third-order valence-electron chi connectivity index (χ3n) is 9.61. The van der Waals surface area contributed by atoms with E-state index in [9.17, 15) is 35.9 Å². The van der Waals surface area contributed by atoms with Crippen molar-refractivity contribution >= 4 is 28.4 Å². The summed E-state index contributed by atoms with van der Waals surface area (Å²) >= 11 is 0. The number of hydrogen-bond donors (Lipinski definition) is 2. The molecule has 0 unspecified atom stereocenters. The number of anilines is 1. The molecule has 52 heavy (non-hydrogen) atoms. The van der Waals surface area contributed by atoms with Gasteiger partial charge in [0.05, 0.1) is 16.8 Å². The number of fused-ring (bicyclic) bond motifs is 4. The Labute approximate surface area is 294 Å². The molecule has 0 spiro atoms. The molecule has 0 atom stereocenters. The van der Waals surface area contributed by atoms with Gasteiger partial charge in [-0.05, 0) is 82.6 Å². The van der Waals surface area contributed by atoms with Gasteiger partial charge in [-0.1, -0.05) is 84.9 Å². The summed E-state index contributed by atoms with van der Waals surface area (Å²) in [4.78, 5) is 27.5. The first kappa shape index (κ1) is 34.6. The van der Waals surface area contributed by atoms with E-state index in [1.807, 2.05) is 47.2 Å². The van der Waals surface area contributed by atoms with Crippen LogP contribution in [0.15, 0.2) is 128 Å². The fraction of sp³-hybridized carbons (Fsp3) is 0.171. The molecule has 0 saturated carbocycles. The predicted octanol–water partition coefficient (Wildman–Crippen LogP) is 10.0. The van der Waals surface area contributed by atoms with Crippen LogP contribution in [0.5, 0.6) is 0 Å². The Morgan fingerprint density at radius 2 is 1.29 bits per heavy atom. The summed E-state index contributed by atoms with van der Waals surface area (Å²) in [5, 5.41) is 5.85. The molecule has 5 aromatic carbocycles. The van der Waals surface area contributed by atoms with Gasteiger partial charge in [0.25, 0.3) is 5.91 Å². The maximum absolute atomic E-state index is 13.9. The monoisotopic (exact) mass is 711 g/mol. The van der Waals surface area contributed by atoms with Crippen LogP contribution in [-0.4, -0.2) is 29.1 Å². The molecule has 0 saturated heterocycles. The highest BCUT2D eigenvalue weighted by atomic mass is 19.4. The zero-order valence-electron chi connectivity index (χ0n) is 27.5. The van der Waals surface area contributed by atoms with Crippen molar-refractivity contribution in [3.63, 3.8) is 0 Å². The number of carbonyl (C=O) groups is 2. The summed E-state index contributed by atoms with van der Waals surface area (Å²) in [7, 11) is 0. The predicted molar refractivity (Wildman–Crippen MR) is 188 cm³/mol.